The van der Waals surface area contributed by atoms with Crippen LogP contribution in [0.25, 0.3) is 11.3 Å². The average molecular weight is 389 g/mol. The first kappa shape index (κ1) is 23.6. The number of aliphatic hydroxyl groups is 1. The molecule has 0 amide bonds. The van der Waals surface area contributed by atoms with Gasteiger partial charge in [-0.25, -0.2) is 4.98 Å². The molecule has 28 heavy (non-hydrogen) atoms. The molecule has 4 N–H and O–H groups in total. The zero-order valence-corrected chi connectivity index (χ0v) is 17.3. The summed E-state index contributed by atoms with van der Waals surface area (Å²) in [5.41, 5.74) is 9.73. The zero-order chi connectivity index (χ0) is 21.2. The molecule has 2 aliphatic carbocycles. The third-order valence-corrected chi connectivity index (χ3v) is 5.00. The molecule has 2 aliphatic rings. The number of fused-ring (bicyclic) bond motifs is 1. The van der Waals surface area contributed by atoms with E-state index in [2.05, 4.69) is 41.9 Å². The lowest BCUT2D eigenvalue weighted by atomic mass is 9.76. The van der Waals surface area contributed by atoms with Crippen LogP contribution in [0.1, 0.15) is 63.6 Å². The molecular weight excluding hydrogens is 355 g/mol. The van der Waals surface area contributed by atoms with E-state index in [0.717, 1.165) is 37.8 Å². The highest BCUT2D eigenvalue weighted by molar-refractivity contribution is 5.66. The number of anilines is 1. The molecule has 4 rings (SSSR count). The summed E-state index contributed by atoms with van der Waals surface area (Å²) in [6.45, 7) is 4.50. The normalized spacial score (nSPS) is 16.2. The number of nitrogens with zero attached hydrogens (tertiary/aromatic N) is 2. The van der Waals surface area contributed by atoms with Gasteiger partial charge in [-0.2, -0.15) is 9.49 Å². The Morgan fingerprint density at radius 1 is 1.11 bits per heavy atom. The maximum atomic E-state index is 13.3. The Balaban J connectivity index is 0.000000368. The number of nitrogen functional groups attached to an aromatic ring is 1. The van der Waals surface area contributed by atoms with Gasteiger partial charge in [-0.3, -0.25) is 5.10 Å². The highest BCUT2D eigenvalue weighted by Crippen LogP contribution is 2.37. The minimum atomic E-state index is -0.567. The van der Waals surface area contributed by atoms with Crippen LogP contribution in [0.4, 0.5) is 10.2 Å². The Labute approximate surface area is 168 Å². The van der Waals surface area contributed by atoms with Gasteiger partial charge in [0.25, 0.3) is 0 Å². The number of hydrogen-bond acceptors (Lipinski definition) is 4. The van der Waals surface area contributed by atoms with E-state index in [1.54, 1.807) is 6.07 Å². The summed E-state index contributed by atoms with van der Waals surface area (Å²) in [4.78, 5) is 3.55. The first-order chi connectivity index (χ1) is 13.4. The maximum absolute atomic E-state index is 13.3. The Morgan fingerprint density at radius 3 is 2.21 bits per heavy atom. The summed E-state index contributed by atoms with van der Waals surface area (Å²) in [6.07, 6.45) is 18.5. The van der Waals surface area contributed by atoms with Gasteiger partial charge < -0.3 is 10.8 Å². The molecule has 1 fully saturated rings. The molecule has 0 bridgehead atoms. The standard InChI is InChI=1S/C14H17FN4.C5H10.C2H2.CH4O/c1-14(2)4-3-9-10(7-14)18-19-13(9)8-5-11(15)17-12(16)6-8;1-2-4-5-3-1;2*1-2/h5-6H,3-4,7H2,1-2H3,(H2,16,17)(H,18,19);1-5H2;1-2H;2H,1H3. The van der Waals surface area contributed by atoms with Gasteiger partial charge in [-0.05, 0) is 30.7 Å². The largest absolute Gasteiger partial charge is 0.400 e. The van der Waals surface area contributed by atoms with Gasteiger partial charge in [0.05, 0.1) is 5.69 Å². The number of rotatable bonds is 1. The fourth-order valence-electron chi connectivity index (χ4n) is 3.62. The number of aliphatic hydroxyl groups excluding tert-OH is 1. The van der Waals surface area contributed by atoms with Crippen LogP contribution in [-0.2, 0) is 12.8 Å². The van der Waals surface area contributed by atoms with Crippen molar-refractivity contribution in [1.29, 1.82) is 0 Å². The van der Waals surface area contributed by atoms with Crippen molar-refractivity contribution in [2.45, 2.75) is 65.2 Å². The van der Waals surface area contributed by atoms with Crippen molar-refractivity contribution in [3.05, 3.63) is 29.3 Å². The molecule has 154 valence electrons. The van der Waals surface area contributed by atoms with Gasteiger partial charge in [0.2, 0.25) is 5.95 Å². The first-order valence-electron chi connectivity index (χ1n) is 9.72. The summed E-state index contributed by atoms with van der Waals surface area (Å²) in [7, 11) is 1.00. The highest BCUT2D eigenvalue weighted by Gasteiger charge is 2.29. The maximum Gasteiger partial charge on any atom is 0.215 e. The molecule has 0 atom stereocenters. The van der Waals surface area contributed by atoms with Crippen molar-refractivity contribution < 1.29 is 9.50 Å². The van der Waals surface area contributed by atoms with Crippen molar-refractivity contribution in [3.8, 4) is 24.1 Å². The molecule has 0 saturated heterocycles. The van der Waals surface area contributed by atoms with Crippen LogP contribution in [0.15, 0.2) is 12.1 Å². The van der Waals surface area contributed by atoms with E-state index < -0.39 is 5.95 Å². The van der Waals surface area contributed by atoms with E-state index in [4.69, 9.17) is 10.8 Å². The summed E-state index contributed by atoms with van der Waals surface area (Å²) >= 11 is 0. The summed E-state index contributed by atoms with van der Waals surface area (Å²) in [5, 5.41) is 14.4. The fourth-order valence-corrected chi connectivity index (χ4v) is 3.62. The third-order valence-electron chi connectivity index (χ3n) is 5.00. The lowest BCUT2D eigenvalue weighted by molar-refractivity contribution is 0.312. The average Bonchev–Trinajstić information content (AvgIpc) is 3.36. The number of nitrogens with one attached hydrogen (secondary N) is 1. The predicted molar refractivity (Wildman–Crippen MR) is 113 cm³/mol. The number of nitrogens with two attached hydrogens (primary N) is 1. The fraction of sp³-hybridized carbons (Fsp3) is 0.545. The second-order valence-corrected chi connectivity index (χ2v) is 7.74. The molecule has 0 spiro atoms. The van der Waals surface area contributed by atoms with Gasteiger partial charge in [0.1, 0.15) is 5.82 Å². The van der Waals surface area contributed by atoms with Crippen molar-refractivity contribution in [1.82, 2.24) is 15.2 Å². The quantitative estimate of drug-likeness (QED) is 0.495. The predicted octanol–water partition coefficient (Wildman–Crippen LogP) is 4.52. The molecule has 1 saturated carbocycles. The minimum absolute atomic E-state index is 0.183. The highest BCUT2D eigenvalue weighted by atomic mass is 19.1. The molecule has 0 unspecified atom stereocenters. The molecule has 2 aromatic rings. The van der Waals surface area contributed by atoms with Gasteiger partial charge in [0.15, 0.2) is 0 Å². The van der Waals surface area contributed by atoms with Gasteiger partial charge >= 0.3 is 0 Å². The van der Waals surface area contributed by atoms with Crippen LogP contribution < -0.4 is 5.73 Å². The Kier molecular flexibility index (Phi) is 9.67. The Hall–Kier alpha value is -2.39. The van der Waals surface area contributed by atoms with Crippen LogP contribution in [0, 0.1) is 24.2 Å². The second kappa shape index (κ2) is 11.5. The van der Waals surface area contributed by atoms with Crippen molar-refractivity contribution in [2.24, 2.45) is 5.41 Å². The van der Waals surface area contributed by atoms with Crippen LogP contribution in [0.3, 0.4) is 0 Å². The second-order valence-electron chi connectivity index (χ2n) is 7.74. The minimum Gasteiger partial charge on any atom is -0.400 e. The molecule has 5 nitrogen and oxygen atoms in total. The number of aromatic nitrogens is 3. The van der Waals surface area contributed by atoms with Crippen molar-refractivity contribution in [2.75, 3.05) is 12.8 Å². The van der Waals surface area contributed by atoms with Crippen LogP contribution in [0.5, 0.6) is 0 Å². The monoisotopic (exact) mass is 388 g/mol. The summed E-state index contributed by atoms with van der Waals surface area (Å²) < 4.78 is 13.3. The third kappa shape index (κ3) is 6.65. The first-order valence-corrected chi connectivity index (χ1v) is 9.72. The van der Waals surface area contributed by atoms with E-state index >= 15 is 0 Å². The van der Waals surface area contributed by atoms with E-state index in [1.807, 2.05) is 0 Å². The van der Waals surface area contributed by atoms with Crippen LogP contribution in [0.2, 0.25) is 0 Å². The van der Waals surface area contributed by atoms with Crippen LogP contribution in [-0.4, -0.2) is 27.4 Å². The van der Waals surface area contributed by atoms with Gasteiger partial charge in [0, 0.05) is 30.0 Å². The molecule has 2 aromatic heterocycles. The SMILES string of the molecule is C#C.C1CCCC1.CC1(C)CCc2c(-c3cc(N)nc(F)c3)n[nH]c2C1.CO. The number of aromatic amines is 1. The lowest BCUT2D eigenvalue weighted by Gasteiger charge is -2.29. The molecule has 0 aromatic carbocycles. The number of halogens is 1. The zero-order valence-electron chi connectivity index (χ0n) is 17.3. The molecule has 0 aliphatic heterocycles. The molecule has 0 radical (unpaired) electrons. The number of H-pyrrole nitrogens is 1. The van der Waals surface area contributed by atoms with Gasteiger partial charge in [-0.15, -0.1) is 12.8 Å². The van der Waals surface area contributed by atoms with Crippen LogP contribution >= 0.6 is 0 Å². The Morgan fingerprint density at radius 2 is 1.68 bits per heavy atom. The van der Waals surface area contributed by atoms with E-state index in [-0.39, 0.29) is 5.82 Å². The summed E-state index contributed by atoms with van der Waals surface area (Å²) in [5.74, 6) is -0.384. The van der Waals surface area contributed by atoms with E-state index in [9.17, 15) is 4.39 Å². The molecule has 6 heteroatoms. The summed E-state index contributed by atoms with van der Waals surface area (Å²) in [6, 6.07) is 3.05. The lowest BCUT2D eigenvalue weighted by Crippen LogP contribution is -2.21. The van der Waals surface area contributed by atoms with Crippen molar-refractivity contribution in [3.63, 3.8) is 0 Å². The topological polar surface area (TPSA) is 87.8 Å². The number of pyridine rings is 1. The van der Waals surface area contributed by atoms with Crippen molar-refractivity contribution >= 4 is 5.82 Å². The number of terminal acetylenes is 1. The Bertz CT molecular complexity index is 720. The molecular formula is C22H33FN4O. The van der Waals surface area contributed by atoms with Gasteiger partial charge in [-0.1, -0.05) is 46.0 Å². The number of hydrogen-bond donors (Lipinski definition) is 3. The van der Waals surface area contributed by atoms with E-state index in [1.165, 1.54) is 43.7 Å². The van der Waals surface area contributed by atoms with E-state index in [0.29, 0.717) is 11.0 Å². The smallest absolute Gasteiger partial charge is 0.215 e. The molecule has 2 heterocycles.